The molecule has 1 aliphatic heterocycles. The van der Waals surface area contributed by atoms with Crippen LogP contribution in [0.1, 0.15) is 23.8 Å². The minimum Gasteiger partial charge on any atom is -0.467 e. The molecule has 10 heteroatoms. The molecule has 29 heavy (non-hydrogen) atoms. The van der Waals surface area contributed by atoms with E-state index < -0.39 is 0 Å². The highest BCUT2D eigenvalue weighted by molar-refractivity contribution is 7.99. The summed E-state index contributed by atoms with van der Waals surface area (Å²) in [5.74, 6) is 0.527. The molecule has 1 aliphatic rings. The number of amides is 1. The number of nitrogens with one attached hydrogen (secondary N) is 1. The monoisotopic (exact) mass is 429 g/mol. The molecule has 0 aliphatic carbocycles. The molecule has 2 aromatic heterocycles. The number of rotatable bonds is 5. The molecule has 3 aromatic rings. The van der Waals surface area contributed by atoms with Crippen molar-refractivity contribution in [3.8, 4) is 0 Å². The first-order chi connectivity index (χ1) is 14.0. The summed E-state index contributed by atoms with van der Waals surface area (Å²) in [5, 5.41) is 6.86. The highest BCUT2D eigenvalue weighted by Crippen LogP contribution is 2.34. The number of anilines is 1. The largest absolute Gasteiger partial charge is 0.467 e. The van der Waals surface area contributed by atoms with Gasteiger partial charge in [-0.1, -0.05) is 35.5 Å². The number of hydrogen-bond donors (Lipinski definition) is 2. The average Bonchev–Trinajstić information content (AvgIpc) is 3.35. The molecule has 3 heterocycles. The maximum Gasteiger partial charge on any atom is 0.253 e. The summed E-state index contributed by atoms with van der Waals surface area (Å²) >= 11 is 7.05. The van der Waals surface area contributed by atoms with Crippen molar-refractivity contribution in [2.24, 2.45) is 5.10 Å². The third-order valence-electron chi connectivity index (χ3n) is 4.29. The highest BCUT2D eigenvalue weighted by Gasteiger charge is 2.34. The molecular formula is C19H16ClN5O3S. The number of nitrogens with two attached hydrogens (primary N) is 1. The van der Waals surface area contributed by atoms with Crippen LogP contribution in [0.2, 0.25) is 5.02 Å². The second-order valence-electron chi connectivity index (χ2n) is 6.29. The number of benzene rings is 1. The summed E-state index contributed by atoms with van der Waals surface area (Å²) in [6.07, 6.45) is 2.08. The summed E-state index contributed by atoms with van der Waals surface area (Å²) in [5.41, 5.74) is 6.86. The fourth-order valence-corrected chi connectivity index (χ4v) is 3.84. The Bertz CT molecular complexity index is 1110. The van der Waals surface area contributed by atoms with E-state index in [4.69, 9.17) is 21.8 Å². The molecule has 1 aromatic carbocycles. The Balaban J connectivity index is 1.56. The van der Waals surface area contributed by atoms with Gasteiger partial charge in [-0.15, -0.1) is 0 Å². The van der Waals surface area contributed by atoms with Crippen molar-refractivity contribution in [3.63, 3.8) is 0 Å². The number of carbonyl (C=O) groups excluding carboxylic acids is 1. The second kappa shape index (κ2) is 8.14. The zero-order valence-corrected chi connectivity index (χ0v) is 16.6. The topological polar surface area (TPSA) is 118 Å². The maximum atomic E-state index is 12.9. The normalized spacial score (nSPS) is 16.1. The SMILES string of the molecule is Nc1cc(=O)[nH]c(SCC(=O)N2N=C(c3ccc(Cl)cc3)C[C@H]2c2ccco2)n1. The maximum absolute atomic E-state index is 12.9. The van der Waals surface area contributed by atoms with E-state index in [1.165, 1.54) is 11.1 Å². The zero-order chi connectivity index (χ0) is 20.4. The standard InChI is InChI=1S/C19H16ClN5O3S/c20-12-5-3-11(4-6-12)13-8-14(15-2-1-7-28-15)25(24-13)18(27)10-29-19-22-16(21)9-17(26)23-19/h1-7,9,14H,8,10H2,(H3,21,22,23,26)/t14-/m0/s1. The predicted octanol–water partition coefficient (Wildman–Crippen LogP) is 3.07. The van der Waals surface area contributed by atoms with E-state index in [2.05, 4.69) is 15.1 Å². The van der Waals surface area contributed by atoms with Gasteiger partial charge >= 0.3 is 0 Å². The summed E-state index contributed by atoms with van der Waals surface area (Å²) in [7, 11) is 0. The number of hydrazone groups is 1. The third-order valence-corrected chi connectivity index (χ3v) is 5.40. The van der Waals surface area contributed by atoms with Crippen LogP contribution in [0.25, 0.3) is 0 Å². The number of nitrogen functional groups attached to an aromatic ring is 1. The minimum absolute atomic E-state index is 0.0288. The van der Waals surface area contributed by atoms with E-state index in [-0.39, 0.29) is 34.2 Å². The lowest BCUT2D eigenvalue weighted by Gasteiger charge is -2.19. The molecular weight excluding hydrogens is 414 g/mol. The number of thioether (sulfide) groups is 1. The van der Waals surface area contributed by atoms with E-state index in [0.717, 1.165) is 23.0 Å². The van der Waals surface area contributed by atoms with Crippen LogP contribution in [-0.4, -0.2) is 32.3 Å². The summed E-state index contributed by atoms with van der Waals surface area (Å²) in [6, 6.07) is 11.7. The first-order valence-corrected chi connectivity index (χ1v) is 10.0. The van der Waals surface area contributed by atoms with E-state index in [1.807, 2.05) is 18.2 Å². The van der Waals surface area contributed by atoms with Gasteiger partial charge in [0, 0.05) is 17.5 Å². The number of hydrogen-bond acceptors (Lipinski definition) is 7. The minimum atomic E-state index is -0.370. The van der Waals surface area contributed by atoms with Crippen LogP contribution in [-0.2, 0) is 4.79 Å². The van der Waals surface area contributed by atoms with Crippen LogP contribution in [0, 0.1) is 0 Å². The average molecular weight is 430 g/mol. The predicted molar refractivity (Wildman–Crippen MR) is 111 cm³/mol. The molecule has 0 saturated carbocycles. The van der Waals surface area contributed by atoms with Crippen molar-refractivity contribution in [1.82, 2.24) is 15.0 Å². The van der Waals surface area contributed by atoms with Crippen LogP contribution in [0.4, 0.5) is 5.82 Å². The molecule has 8 nitrogen and oxygen atoms in total. The van der Waals surface area contributed by atoms with Crippen LogP contribution in [0.15, 0.2) is 68.2 Å². The number of aromatic nitrogens is 2. The Morgan fingerprint density at radius 3 is 2.83 bits per heavy atom. The smallest absolute Gasteiger partial charge is 0.253 e. The Kier molecular flexibility index (Phi) is 5.41. The summed E-state index contributed by atoms with van der Waals surface area (Å²) in [4.78, 5) is 31.0. The first kappa shape index (κ1) is 19.3. The van der Waals surface area contributed by atoms with Gasteiger partial charge in [-0.2, -0.15) is 5.10 Å². The van der Waals surface area contributed by atoms with Crippen LogP contribution in [0.3, 0.4) is 0 Å². The lowest BCUT2D eigenvalue weighted by atomic mass is 10.0. The van der Waals surface area contributed by atoms with Crippen LogP contribution in [0.5, 0.6) is 0 Å². The molecule has 0 fully saturated rings. The van der Waals surface area contributed by atoms with E-state index in [1.54, 1.807) is 24.5 Å². The van der Waals surface area contributed by atoms with Crippen LogP contribution >= 0.6 is 23.4 Å². The van der Waals surface area contributed by atoms with Gasteiger partial charge in [0.15, 0.2) is 5.16 Å². The van der Waals surface area contributed by atoms with Gasteiger partial charge in [-0.25, -0.2) is 9.99 Å². The summed E-state index contributed by atoms with van der Waals surface area (Å²) in [6.45, 7) is 0. The molecule has 1 atom stereocenters. The number of aromatic amines is 1. The van der Waals surface area contributed by atoms with Crippen molar-refractivity contribution >= 4 is 40.8 Å². The summed E-state index contributed by atoms with van der Waals surface area (Å²) < 4.78 is 5.52. The zero-order valence-electron chi connectivity index (χ0n) is 15.0. The van der Waals surface area contributed by atoms with Gasteiger partial charge in [0.05, 0.1) is 17.7 Å². The number of carbonyl (C=O) groups is 1. The van der Waals surface area contributed by atoms with E-state index in [0.29, 0.717) is 17.2 Å². The quantitative estimate of drug-likeness (QED) is 0.475. The lowest BCUT2D eigenvalue weighted by molar-refractivity contribution is -0.130. The highest BCUT2D eigenvalue weighted by atomic mass is 35.5. The van der Waals surface area contributed by atoms with Gasteiger partial charge in [-0.3, -0.25) is 9.59 Å². The van der Waals surface area contributed by atoms with Gasteiger partial charge in [0.1, 0.15) is 17.6 Å². The van der Waals surface area contributed by atoms with Crippen molar-refractivity contribution in [1.29, 1.82) is 0 Å². The van der Waals surface area contributed by atoms with Crippen molar-refractivity contribution in [2.75, 3.05) is 11.5 Å². The Morgan fingerprint density at radius 2 is 2.14 bits per heavy atom. The van der Waals surface area contributed by atoms with Crippen molar-refractivity contribution in [3.05, 3.63) is 75.4 Å². The van der Waals surface area contributed by atoms with Gasteiger partial charge < -0.3 is 15.1 Å². The number of nitrogens with zero attached hydrogens (tertiary/aromatic N) is 3. The molecule has 0 radical (unpaired) electrons. The Morgan fingerprint density at radius 1 is 1.34 bits per heavy atom. The molecule has 0 unspecified atom stereocenters. The van der Waals surface area contributed by atoms with Gasteiger partial charge in [0.2, 0.25) is 0 Å². The molecule has 0 bridgehead atoms. The Hall–Kier alpha value is -3.04. The van der Waals surface area contributed by atoms with Crippen molar-refractivity contribution < 1.29 is 9.21 Å². The molecule has 3 N–H and O–H groups in total. The molecule has 148 valence electrons. The van der Waals surface area contributed by atoms with Crippen LogP contribution < -0.4 is 11.3 Å². The fraction of sp³-hybridized carbons (Fsp3) is 0.158. The fourth-order valence-electron chi connectivity index (χ4n) is 2.98. The molecule has 4 rings (SSSR count). The number of halogens is 1. The number of H-pyrrole nitrogens is 1. The second-order valence-corrected chi connectivity index (χ2v) is 7.69. The number of furan rings is 1. The van der Waals surface area contributed by atoms with Gasteiger partial charge in [0.25, 0.3) is 11.5 Å². The lowest BCUT2D eigenvalue weighted by Crippen LogP contribution is -2.28. The van der Waals surface area contributed by atoms with E-state index in [9.17, 15) is 9.59 Å². The Labute approximate surface area is 174 Å². The molecule has 1 amide bonds. The molecule has 0 spiro atoms. The first-order valence-electron chi connectivity index (χ1n) is 8.68. The third kappa shape index (κ3) is 4.36. The van der Waals surface area contributed by atoms with Crippen molar-refractivity contribution in [2.45, 2.75) is 17.6 Å². The molecule has 0 saturated heterocycles. The van der Waals surface area contributed by atoms with Gasteiger partial charge in [-0.05, 0) is 29.8 Å². The van der Waals surface area contributed by atoms with E-state index >= 15 is 0 Å².